The van der Waals surface area contributed by atoms with Crippen LogP contribution in [0.5, 0.6) is 5.75 Å². The van der Waals surface area contributed by atoms with Crippen molar-refractivity contribution in [3.05, 3.63) is 62.6 Å². The molecular formula is C14H9Cl3O2. The SMILES string of the molecule is COc1cccc(Cl)c1C(=O)c1c(Cl)cccc1Cl. The van der Waals surface area contributed by atoms with Crippen LogP contribution >= 0.6 is 34.8 Å². The summed E-state index contributed by atoms with van der Waals surface area (Å²) in [4.78, 5) is 12.6. The molecule has 98 valence electrons. The summed E-state index contributed by atoms with van der Waals surface area (Å²) >= 11 is 18.1. The van der Waals surface area contributed by atoms with Crippen LogP contribution < -0.4 is 4.74 Å². The Bertz CT molecular complexity index is 618. The number of halogens is 3. The summed E-state index contributed by atoms with van der Waals surface area (Å²) in [5.41, 5.74) is 0.471. The molecule has 2 rings (SSSR count). The van der Waals surface area contributed by atoms with Crippen molar-refractivity contribution in [1.29, 1.82) is 0 Å². The number of ether oxygens (including phenoxy) is 1. The van der Waals surface area contributed by atoms with Gasteiger partial charge in [-0.1, -0.05) is 46.9 Å². The lowest BCUT2D eigenvalue weighted by atomic mass is 10.0. The first-order valence-electron chi connectivity index (χ1n) is 5.37. The minimum atomic E-state index is -0.363. The predicted octanol–water partition coefficient (Wildman–Crippen LogP) is 4.89. The molecule has 5 heteroatoms. The number of carbonyl (C=O) groups excluding carboxylic acids is 1. The molecule has 0 atom stereocenters. The van der Waals surface area contributed by atoms with Crippen molar-refractivity contribution in [1.82, 2.24) is 0 Å². The zero-order valence-corrected chi connectivity index (χ0v) is 12.2. The second-order valence-electron chi connectivity index (χ2n) is 3.74. The Kier molecular flexibility index (Phi) is 4.35. The predicted molar refractivity (Wildman–Crippen MR) is 77.9 cm³/mol. The molecule has 0 aromatic heterocycles. The average Bonchev–Trinajstić information content (AvgIpc) is 2.37. The van der Waals surface area contributed by atoms with E-state index in [2.05, 4.69) is 0 Å². The standard InChI is InChI=1S/C14H9Cl3O2/c1-19-11-7-3-6-10(17)13(11)14(18)12-8(15)4-2-5-9(12)16/h2-7H,1H3. The molecule has 0 amide bonds. The Labute approximate surface area is 125 Å². The van der Waals surface area contributed by atoms with Crippen molar-refractivity contribution >= 4 is 40.6 Å². The van der Waals surface area contributed by atoms with Crippen molar-refractivity contribution in [2.24, 2.45) is 0 Å². The topological polar surface area (TPSA) is 26.3 Å². The maximum absolute atomic E-state index is 12.6. The smallest absolute Gasteiger partial charge is 0.201 e. The molecule has 19 heavy (non-hydrogen) atoms. The fraction of sp³-hybridized carbons (Fsp3) is 0.0714. The highest BCUT2D eigenvalue weighted by atomic mass is 35.5. The van der Waals surface area contributed by atoms with Gasteiger partial charge in [0.25, 0.3) is 0 Å². The summed E-state index contributed by atoms with van der Waals surface area (Å²) in [5.74, 6) is 0.0199. The zero-order valence-electron chi connectivity index (χ0n) is 9.91. The molecule has 0 bridgehead atoms. The Morgan fingerprint density at radius 3 is 1.89 bits per heavy atom. The molecule has 0 radical (unpaired) electrons. The Hall–Kier alpha value is -1.22. The molecule has 2 nitrogen and oxygen atoms in total. The molecule has 0 N–H and O–H groups in total. The van der Waals surface area contributed by atoms with Crippen molar-refractivity contribution < 1.29 is 9.53 Å². The molecule has 0 spiro atoms. The van der Waals surface area contributed by atoms with E-state index in [1.165, 1.54) is 7.11 Å². The van der Waals surface area contributed by atoms with E-state index in [0.717, 1.165) is 0 Å². The highest BCUT2D eigenvalue weighted by molar-refractivity contribution is 6.43. The first-order chi connectivity index (χ1) is 9.06. The third-order valence-corrected chi connectivity index (χ3v) is 3.56. The van der Waals surface area contributed by atoms with Crippen molar-refractivity contribution in [3.63, 3.8) is 0 Å². The number of hydrogen-bond donors (Lipinski definition) is 0. The van der Waals surface area contributed by atoms with Gasteiger partial charge in [0.1, 0.15) is 5.75 Å². The number of rotatable bonds is 3. The normalized spacial score (nSPS) is 10.3. The average molecular weight is 316 g/mol. The number of carbonyl (C=O) groups is 1. The zero-order chi connectivity index (χ0) is 14.0. The van der Waals surface area contributed by atoms with Gasteiger partial charge in [-0.3, -0.25) is 4.79 Å². The largest absolute Gasteiger partial charge is 0.496 e. The lowest BCUT2D eigenvalue weighted by Gasteiger charge is -2.11. The van der Waals surface area contributed by atoms with Gasteiger partial charge >= 0.3 is 0 Å². The number of benzene rings is 2. The molecule has 0 saturated carbocycles. The molecule has 0 saturated heterocycles. The van der Waals surface area contributed by atoms with Gasteiger partial charge in [0, 0.05) is 0 Å². The van der Waals surface area contributed by atoms with Crippen molar-refractivity contribution in [2.75, 3.05) is 7.11 Å². The van der Waals surface area contributed by atoms with E-state index in [4.69, 9.17) is 39.5 Å². The van der Waals surface area contributed by atoms with Crippen LogP contribution in [0.25, 0.3) is 0 Å². The number of methoxy groups -OCH3 is 1. The summed E-state index contributed by atoms with van der Waals surface area (Å²) in [6.07, 6.45) is 0. The lowest BCUT2D eigenvalue weighted by molar-refractivity contribution is 0.103. The Morgan fingerprint density at radius 2 is 1.37 bits per heavy atom. The maximum Gasteiger partial charge on any atom is 0.201 e. The van der Waals surface area contributed by atoms with Gasteiger partial charge in [0.2, 0.25) is 5.78 Å². The minimum Gasteiger partial charge on any atom is -0.496 e. The van der Waals surface area contributed by atoms with E-state index in [9.17, 15) is 4.79 Å². The molecular weight excluding hydrogens is 307 g/mol. The quantitative estimate of drug-likeness (QED) is 0.754. The van der Waals surface area contributed by atoms with Crippen LogP contribution in [0, 0.1) is 0 Å². The highest BCUT2D eigenvalue weighted by Crippen LogP contribution is 2.33. The molecule has 0 aliphatic heterocycles. The van der Waals surface area contributed by atoms with E-state index < -0.39 is 0 Å². The van der Waals surface area contributed by atoms with E-state index in [1.807, 2.05) is 0 Å². The van der Waals surface area contributed by atoms with Crippen LogP contribution in [0.2, 0.25) is 15.1 Å². The first kappa shape index (κ1) is 14.2. The van der Waals surface area contributed by atoms with Crippen LogP contribution in [0.15, 0.2) is 36.4 Å². The van der Waals surface area contributed by atoms with Crippen LogP contribution in [0.1, 0.15) is 15.9 Å². The van der Waals surface area contributed by atoms with Gasteiger partial charge in [0.05, 0.1) is 33.3 Å². The lowest BCUT2D eigenvalue weighted by Crippen LogP contribution is -2.06. The summed E-state index contributed by atoms with van der Waals surface area (Å²) in [6, 6.07) is 9.84. The van der Waals surface area contributed by atoms with Gasteiger partial charge in [-0.15, -0.1) is 0 Å². The van der Waals surface area contributed by atoms with E-state index >= 15 is 0 Å². The fourth-order valence-electron chi connectivity index (χ4n) is 1.73. The van der Waals surface area contributed by atoms with Gasteiger partial charge in [-0.05, 0) is 24.3 Å². The number of hydrogen-bond acceptors (Lipinski definition) is 2. The second kappa shape index (κ2) is 5.83. The van der Waals surface area contributed by atoms with Crippen molar-refractivity contribution in [2.45, 2.75) is 0 Å². The summed E-state index contributed by atoms with van der Waals surface area (Å²) in [6.45, 7) is 0. The van der Waals surface area contributed by atoms with Gasteiger partial charge in [-0.2, -0.15) is 0 Å². The monoisotopic (exact) mass is 314 g/mol. The summed E-state index contributed by atoms with van der Waals surface area (Å²) in [7, 11) is 1.47. The third kappa shape index (κ3) is 2.71. The number of ketones is 1. The Morgan fingerprint density at radius 1 is 0.895 bits per heavy atom. The van der Waals surface area contributed by atoms with E-state index in [-0.39, 0.29) is 27.0 Å². The molecule has 0 unspecified atom stereocenters. The van der Waals surface area contributed by atoms with Crippen LogP contribution in [-0.4, -0.2) is 12.9 Å². The highest BCUT2D eigenvalue weighted by Gasteiger charge is 2.22. The van der Waals surface area contributed by atoms with Crippen LogP contribution in [0.4, 0.5) is 0 Å². The Balaban J connectivity index is 2.63. The second-order valence-corrected chi connectivity index (χ2v) is 4.96. The fourth-order valence-corrected chi connectivity index (χ4v) is 2.56. The van der Waals surface area contributed by atoms with Crippen LogP contribution in [-0.2, 0) is 0 Å². The summed E-state index contributed by atoms with van der Waals surface area (Å²) in [5, 5.41) is 0.847. The van der Waals surface area contributed by atoms with Crippen molar-refractivity contribution in [3.8, 4) is 5.75 Å². The van der Waals surface area contributed by atoms with Crippen LogP contribution in [0.3, 0.4) is 0 Å². The van der Waals surface area contributed by atoms with E-state index in [1.54, 1.807) is 36.4 Å². The van der Waals surface area contributed by atoms with E-state index in [0.29, 0.717) is 10.8 Å². The van der Waals surface area contributed by atoms with Gasteiger partial charge < -0.3 is 4.74 Å². The molecule has 0 aliphatic carbocycles. The maximum atomic E-state index is 12.6. The minimum absolute atomic E-state index is 0.220. The molecule has 2 aromatic rings. The van der Waals surface area contributed by atoms with Gasteiger partial charge in [-0.25, -0.2) is 0 Å². The first-order valence-corrected chi connectivity index (χ1v) is 6.51. The summed E-state index contributed by atoms with van der Waals surface area (Å²) < 4.78 is 5.16. The molecule has 2 aromatic carbocycles. The van der Waals surface area contributed by atoms with Gasteiger partial charge in [0.15, 0.2) is 0 Å². The third-order valence-electron chi connectivity index (χ3n) is 2.61. The molecule has 0 aliphatic rings. The molecule has 0 fully saturated rings. The molecule has 0 heterocycles.